The van der Waals surface area contributed by atoms with Crippen molar-refractivity contribution in [2.24, 2.45) is 13.0 Å². The quantitative estimate of drug-likeness (QED) is 0.212. The summed E-state index contributed by atoms with van der Waals surface area (Å²) in [7, 11) is 1.55. The molecule has 0 bridgehead atoms. The minimum atomic E-state index is -4.96. The lowest BCUT2D eigenvalue weighted by Crippen LogP contribution is -2.34. The molecule has 1 saturated carbocycles. The fourth-order valence-electron chi connectivity index (χ4n) is 6.79. The van der Waals surface area contributed by atoms with Crippen molar-refractivity contribution in [1.82, 2.24) is 20.2 Å². The molecule has 2 aliphatic rings. The predicted molar refractivity (Wildman–Crippen MR) is 158 cm³/mol. The van der Waals surface area contributed by atoms with Crippen molar-refractivity contribution in [3.05, 3.63) is 63.7 Å². The molecule has 0 unspecified atom stereocenters. The monoisotopic (exact) mass is 656 g/mol. The number of rotatable bonds is 8. The number of fused-ring (bicyclic) bond motifs is 1. The van der Waals surface area contributed by atoms with E-state index in [2.05, 4.69) is 26.4 Å². The molecule has 0 spiro atoms. The average molecular weight is 657 g/mol. The summed E-state index contributed by atoms with van der Waals surface area (Å²) in [6, 6.07) is 5.32. The summed E-state index contributed by atoms with van der Waals surface area (Å²) in [6.07, 6.45) is -5.31. The van der Waals surface area contributed by atoms with Gasteiger partial charge < -0.3 is 20.0 Å². The van der Waals surface area contributed by atoms with Crippen LogP contribution in [0.4, 0.5) is 38.0 Å². The first-order valence-corrected chi connectivity index (χ1v) is 15.0. The molecule has 0 amide bonds. The zero-order chi connectivity index (χ0) is 32.5. The van der Waals surface area contributed by atoms with E-state index in [1.54, 1.807) is 11.9 Å². The van der Waals surface area contributed by atoms with Gasteiger partial charge in [0, 0.05) is 25.3 Å². The van der Waals surface area contributed by atoms with Crippen LogP contribution in [0.25, 0.3) is 0 Å². The first-order chi connectivity index (χ1) is 21.2. The summed E-state index contributed by atoms with van der Waals surface area (Å²) in [6.45, 7) is 5.69. The van der Waals surface area contributed by atoms with Crippen LogP contribution in [0.5, 0.6) is 0 Å². The molecule has 1 fully saturated rings. The molecule has 0 radical (unpaired) electrons. The summed E-state index contributed by atoms with van der Waals surface area (Å²) in [5, 5.41) is 12.4. The van der Waals surface area contributed by atoms with Gasteiger partial charge in [-0.3, -0.25) is 4.79 Å². The van der Waals surface area contributed by atoms with Crippen molar-refractivity contribution in [2.75, 3.05) is 22.9 Å². The van der Waals surface area contributed by atoms with Crippen LogP contribution in [0.3, 0.4) is 0 Å². The van der Waals surface area contributed by atoms with E-state index >= 15 is 0 Å². The summed E-state index contributed by atoms with van der Waals surface area (Å²) in [5.41, 5.74) is 1.03. The molecule has 46 heavy (non-hydrogen) atoms. The number of halogens is 6. The summed E-state index contributed by atoms with van der Waals surface area (Å²) in [5.74, 6) is 0.491. The Labute approximate surface area is 262 Å². The Bertz CT molecular complexity index is 1470. The smallest absolute Gasteiger partial charge is 0.416 e. The van der Waals surface area contributed by atoms with E-state index < -0.39 is 29.5 Å². The fraction of sp³-hybridized carbons (Fsp3) is 0.548. The number of nitrogens with zero attached hydrogens (tertiary/aromatic N) is 6. The maximum Gasteiger partial charge on any atom is 0.416 e. The van der Waals surface area contributed by atoms with Gasteiger partial charge >= 0.3 is 12.4 Å². The Hall–Kier alpha value is -3.88. The average Bonchev–Trinajstić information content (AvgIpc) is 3.31. The van der Waals surface area contributed by atoms with Crippen molar-refractivity contribution in [3.63, 3.8) is 0 Å². The highest BCUT2D eigenvalue weighted by atomic mass is 19.4. The van der Waals surface area contributed by atoms with E-state index in [4.69, 9.17) is 4.74 Å². The van der Waals surface area contributed by atoms with Crippen LogP contribution in [-0.2, 0) is 35.5 Å². The molecule has 5 rings (SSSR count). The van der Waals surface area contributed by atoms with E-state index in [1.807, 2.05) is 19.9 Å². The summed E-state index contributed by atoms with van der Waals surface area (Å²) < 4.78 is 87.6. The topological polar surface area (TPSA) is 108 Å². The molecule has 0 saturated heterocycles. The Morgan fingerprint density at radius 3 is 2.17 bits per heavy atom. The van der Waals surface area contributed by atoms with E-state index in [-0.39, 0.29) is 35.7 Å². The number of hydrogen-bond donors (Lipinski definition) is 0. The molecule has 1 atom stereocenters. The van der Waals surface area contributed by atoms with Crippen molar-refractivity contribution in [3.8, 4) is 0 Å². The second-order valence-electron chi connectivity index (χ2n) is 12.1. The van der Waals surface area contributed by atoms with E-state index in [1.165, 1.54) is 4.80 Å². The minimum Gasteiger partial charge on any atom is -0.465 e. The van der Waals surface area contributed by atoms with Gasteiger partial charge in [0.2, 0.25) is 0 Å². The lowest BCUT2D eigenvalue weighted by Gasteiger charge is -2.36. The third-order valence-corrected chi connectivity index (χ3v) is 8.71. The normalized spacial score (nSPS) is 20.4. The first-order valence-electron chi connectivity index (χ1n) is 15.0. The van der Waals surface area contributed by atoms with Gasteiger partial charge in [-0.1, -0.05) is 22.8 Å². The number of carbonyl (C=O) groups is 1. The standard InChI is InChI=1S/C31H36F6N6O2.H2O/c1-19-11-20(2)28-26(12-19)27(5-4-10-42(28)16-21-6-8-25(9-7-21)45-18-44)43(29-38-40-41(3)39-29)17-22-13-23(30(32,33)34)15-24(14-22)31(35,36)37;/h11-15,18,21,25,27H,4-10,16-17H2,1-3H3;1H2/t21?,25?,27-;/m0./s1. The van der Waals surface area contributed by atoms with Gasteiger partial charge in [0.25, 0.3) is 12.4 Å². The van der Waals surface area contributed by atoms with Crippen LogP contribution in [0, 0.1) is 19.8 Å². The molecule has 2 aromatic carbocycles. The fourth-order valence-corrected chi connectivity index (χ4v) is 6.79. The first kappa shape index (κ1) is 35.0. The Morgan fingerprint density at radius 2 is 1.61 bits per heavy atom. The number of hydrogen-bond acceptors (Lipinski definition) is 7. The van der Waals surface area contributed by atoms with Gasteiger partial charge in [-0.25, -0.2) is 0 Å². The summed E-state index contributed by atoms with van der Waals surface area (Å²) in [4.78, 5) is 16.0. The number of aromatic nitrogens is 4. The van der Waals surface area contributed by atoms with Gasteiger partial charge in [0.05, 0.1) is 24.2 Å². The Kier molecular flexibility index (Phi) is 10.5. The molecule has 1 aliphatic carbocycles. The number of tetrazole rings is 1. The molecule has 2 N–H and O–H groups in total. The molecule has 1 aromatic heterocycles. The molecular formula is C31H38F6N6O3. The lowest BCUT2D eigenvalue weighted by atomic mass is 9.86. The maximum absolute atomic E-state index is 13.7. The van der Waals surface area contributed by atoms with Gasteiger partial charge in [-0.2, -0.15) is 31.1 Å². The van der Waals surface area contributed by atoms with Crippen molar-refractivity contribution in [2.45, 2.75) is 83.4 Å². The number of anilines is 2. The highest BCUT2D eigenvalue weighted by Crippen LogP contribution is 2.43. The van der Waals surface area contributed by atoms with Crippen molar-refractivity contribution >= 4 is 18.1 Å². The SMILES string of the molecule is Cc1cc(C)c2c(c1)[C@@H](N(Cc1cc(C(F)(F)F)cc(C(F)(F)F)c1)c1nnn(C)n1)CCCN2CC1CCC(OC=O)CC1.O. The van der Waals surface area contributed by atoms with Crippen LogP contribution >= 0.6 is 0 Å². The second kappa shape index (κ2) is 13.9. The Morgan fingerprint density at radius 1 is 0.957 bits per heavy atom. The van der Waals surface area contributed by atoms with Crippen molar-refractivity contribution < 1.29 is 41.4 Å². The number of benzene rings is 2. The van der Waals surface area contributed by atoms with Crippen LogP contribution < -0.4 is 9.80 Å². The number of alkyl halides is 6. The van der Waals surface area contributed by atoms with Crippen LogP contribution in [-0.4, -0.2) is 51.3 Å². The molecular weight excluding hydrogens is 618 g/mol. The van der Waals surface area contributed by atoms with Gasteiger partial charge in [0.1, 0.15) is 6.10 Å². The predicted octanol–water partition coefficient (Wildman–Crippen LogP) is 6.12. The molecule has 2 heterocycles. The number of carbonyl (C=O) groups excluding carboxylic acids is 1. The summed E-state index contributed by atoms with van der Waals surface area (Å²) >= 11 is 0. The van der Waals surface area contributed by atoms with E-state index in [0.717, 1.165) is 73.3 Å². The Balaban J connectivity index is 0.00000480. The molecule has 252 valence electrons. The third kappa shape index (κ3) is 7.91. The highest BCUT2D eigenvalue weighted by Gasteiger charge is 2.38. The minimum absolute atomic E-state index is 0. The second-order valence-corrected chi connectivity index (χ2v) is 12.1. The van der Waals surface area contributed by atoms with Crippen LogP contribution in [0.15, 0.2) is 30.3 Å². The van der Waals surface area contributed by atoms with Gasteiger partial charge in [-0.05, 0) is 98.4 Å². The van der Waals surface area contributed by atoms with Crippen molar-refractivity contribution in [1.29, 1.82) is 0 Å². The van der Waals surface area contributed by atoms with Crippen LogP contribution in [0.1, 0.15) is 77.9 Å². The molecule has 9 nitrogen and oxygen atoms in total. The van der Waals surface area contributed by atoms with E-state index in [9.17, 15) is 31.1 Å². The third-order valence-electron chi connectivity index (χ3n) is 8.71. The zero-order valence-electron chi connectivity index (χ0n) is 25.8. The molecule has 3 aromatic rings. The van der Waals surface area contributed by atoms with E-state index in [0.29, 0.717) is 25.2 Å². The lowest BCUT2D eigenvalue weighted by molar-refractivity contribution is -0.143. The van der Waals surface area contributed by atoms with Gasteiger partial charge in [0.15, 0.2) is 0 Å². The molecule has 1 aliphatic heterocycles. The highest BCUT2D eigenvalue weighted by molar-refractivity contribution is 5.64. The zero-order valence-corrected chi connectivity index (χ0v) is 25.8. The number of ether oxygens (including phenoxy) is 1. The van der Waals surface area contributed by atoms with Gasteiger partial charge in [-0.15, -0.1) is 5.10 Å². The van der Waals surface area contributed by atoms with Crippen LogP contribution in [0.2, 0.25) is 0 Å². The number of aryl methyl sites for hydroxylation is 3. The molecule has 15 heteroatoms. The maximum atomic E-state index is 13.7. The largest absolute Gasteiger partial charge is 0.465 e.